The zero-order chi connectivity index (χ0) is 15.3. The van der Waals surface area contributed by atoms with Gasteiger partial charge in [-0.05, 0) is 51.8 Å². The van der Waals surface area contributed by atoms with Gasteiger partial charge in [0.1, 0.15) is 18.2 Å². The van der Waals surface area contributed by atoms with Crippen LogP contribution >= 0.6 is 0 Å². The van der Waals surface area contributed by atoms with E-state index in [0.29, 0.717) is 29.8 Å². The fourth-order valence-electron chi connectivity index (χ4n) is 2.80. The van der Waals surface area contributed by atoms with Crippen molar-refractivity contribution in [3.05, 3.63) is 34.1 Å². The standard InChI is InChI=1S/C17H21NO3/c1-9(2)16-15(19)14-11(5)6-13-12(17(14)21-16)7-18(8-20-13)10(3)4/h6,10H,7-8H2,1-5H3. The van der Waals surface area contributed by atoms with E-state index in [1.165, 1.54) is 0 Å². The maximum Gasteiger partial charge on any atom is 0.232 e. The van der Waals surface area contributed by atoms with Gasteiger partial charge in [0.25, 0.3) is 0 Å². The molecule has 0 bridgehead atoms. The van der Waals surface area contributed by atoms with Gasteiger partial charge in [-0.15, -0.1) is 0 Å². The van der Waals surface area contributed by atoms with Gasteiger partial charge >= 0.3 is 0 Å². The van der Waals surface area contributed by atoms with Gasteiger partial charge in [0, 0.05) is 12.6 Å². The molecule has 112 valence electrons. The monoisotopic (exact) mass is 287 g/mol. The molecule has 0 spiro atoms. The number of aryl methyl sites for hydroxylation is 1. The van der Waals surface area contributed by atoms with Crippen LogP contribution in [0.15, 0.2) is 17.4 Å². The number of benzene rings is 1. The smallest absolute Gasteiger partial charge is 0.232 e. The van der Waals surface area contributed by atoms with Crippen molar-refractivity contribution in [2.24, 2.45) is 0 Å². The van der Waals surface area contributed by atoms with Gasteiger partial charge in [-0.3, -0.25) is 9.69 Å². The minimum Gasteiger partial charge on any atom is -0.478 e. The summed E-state index contributed by atoms with van der Waals surface area (Å²) >= 11 is 0. The van der Waals surface area contributed by atoms with Crippen LogP contribution in [0, 0.1) is 6.92 Å². The van der Waals surface area contributed by atoms with Crippen LogP contribution in [0.3, 0.4) is 0 Å². The average Bonchev–Trinajstić information content (AvgIpc) is 2.77. The number of nitrogens with zero attached hydrogens (tertiary/aromatic N) is 1. The number of rotatable bonds is 1. The van der Waals surface area contributed by atoms with E-state index in [1.807, 2.05) is 26.8 Å². The molecule has 2 aliphatic rings. The van der Waals surface area contributed by atoms with E-state index >= 15 is 0 Å². The summed E-state index contributed by atoms with van der Waals surface area (Å²) in [4.78, 5) is 14.7. The first kappa shape index (κ1) is 14.1. The van der Waals surface area contributed by atoms with Crippen LogP contribution in [0.1, 0.15) is 49.2 Å². The van der Waals surface area contributed by atoms with Crippen molar-refractivity contribution in [3.8, 4) is 11.5 Å². The van der Waals surface area contributed by atoms with Crippen LogP contribution in [0.2, 0.25) is 0 Å². The van der Waals surface area contributed by atoms with Gasteiger partial charge in [-0.1, -0.05) is 0 Å². The summed E-state index contributed by atoms with van der Waals surface area (Å²) in [6, 6.07) is 2.34. The number of allylic oxidation sites excluding steroid dienone is 2. The summed E-state index contributed by atoms with van der Waals surface area (Å²) in [5.41, 5.74) is 3.50. The van der Waals surface area contributed by atoms with E-state index in [2.05, 4.69) is 18.7 Å². The molecule has 0 fully saturated rings. The molecule has 21 heavy (non-hydrogen) atoms. The summed E-state index contributed by atoms with van der Waals surface area (Å²) in [7, 11) is 0. The van der Waals surface area contributed by atoms with E-state index in [4.69, 9.17) is 9.47 Å². The third-order valence-corrected chi connectivity index (χ3v) is 4.11. The first-order valence-electron chi connectivity index (χ1n) is 7.33. The Bertz CT molecular complexity index is 654. The van der Waals surface area contributed by atoms with Crippen molar-refractivity contribution >= 4 is 5.78 Å². The van der Waals surface area contributed by atoms with Crippen LogP contribution in [0.25, 0.3) is 0 Å². The van der Waals surface area contributed by atoms with Crippen LogP contribution < -0.4 is 9.47 Å². The molecule has 0 aromatic heterocycles. The molecule has 0 unspecified atom stereocenters. The minimum atomic E-state index is -0.00743. The highest BCUT2D eigenvalue weighted by Gasteiger charge is 2.36. The lowest BCUT2D eigenvalue weighted by molar-refractivity contribution is 0.0673. The number of hydrogen-bond acceptors (Lipinski definition) is 4. The van der Waals surface area contributed by atoms with Gasteiger partial charge in [0.05, 0.1) is 11.1 Å². The molecule has 0 aliphatic carbocycles. The first-order chi connectivity index (χ1) is 9.90. The molecule has 1 aromatic carbocycles. The Morgan fingerprint density at radius 3 is 2.67 bits per heavy atom. The number of Topliss-reactive ketones (excluding diaryl/α,β-unsaturated/α-hetero) is 1. The zero-order valence-corrected chi connectivity index (χ0v) is 13.2. The van der Waals surface area contributed by atoms with Crippen molar-refractivity contribution in [1.29, 1.82) is 0 Å². The molecule has 0 saturated carbocycles. The van der Waals surface area contributed by atoms with E-state index < -0.39 is 0 Å². The predicted molar refractivity (Wildman–Crippen MR) is 80.7 cm³/mol. The normalized spacial score (nSPS) is 17.4. The Kier molecular flexibility index (Phi) is 3.29. The molecule has 2 heterocycles. The molecule has 4 nitrogen and oxygen atoms in total. The average molecular weight is 287 g/mol. The first-order valence-corrected chi connectivity index (χ1v) is 7.33. The number of ketones is 1. The molecule has 0 amide bonds. The Morgan fingerprint density at radius 2 is 2.05 bits per heavy atom. The molecule has 0 atom stereocenters. The number of fused-ring (bicyclic) bond motifs is 3. The molecule has 1 aromatic rings. The van der Waals surface area contributed by atoms with Crippen LogP contribution in [-0.2, 0) is 6.54 Å². The van der Waals surface area contributed by atoms with Crippen LogP contribution in [-0.4, -0.2) is 23.5 Å². The Labute approximate surface area is 125 Å². The van der Waals surface area contributed by atoms with Crippen molar-refractivity contribution in [1.82, 2.24) is 4.90 Å². The highest BCUT2D eigenvalue weighted by molar-refractivity contribution is 6.14. The maximum absolute atomic E-state index is 12.5. The molecule has 0 radical (unpaired) electrons. The fourth-order valence-corrected chi connectivity index (χ4v) is 2.80. The predicted octanol–water partition coefficient (Wildman–Crippen LogP) is 3.42. The minimum absolute atomic E-state index is 0.00743. The van der Waals surface area contributed by atoms with Crippen molar-refractivity contribution in [2.75, 3.05) is 6.73 Å². The second-order valence-electron chi connectivity index (χ2n) is 6.25. The van der Waals surface area contributed by atoms with Crippen molar-refractivity contribution in [3.63, 3.8) is 0 Å². The lowest BCUT2D eigenvalue weighted by atomic mass is 9.98. The highest BCUT2D eigenvalue weighted by atomic mass is 16.5. The van der Waals surface area contributed by atoms with E-state index in [1.54, 1.807) is 0 Å². The van der Waals surface area contributed by atoms with Gasteiger partial charge in [-0.2, -0.15) is 0 Å². The lowest BCUT2D eigenvalue weighted by Crippen LogP contribution is -2.37. The third-order valence-electron chi connectivity index (χ3n) is 4.11. The van der Waals surface area contributed by atoms with Gasteiger partial charge in [0.2, 0.25) is 5.78 Å². The molecular weight excluding hydrogens is 266 g/mol. The molecule has 0 saturated heterocycles. The summed E-state index contributed by atoms with van der Waals surface area (Å²) in [6.07, 6.45) is 0. The zero-order valence-electron chi connectivity index (χ0n) is 13.2. The molecular formula is C17H21NO3. The number of ether oxygens (including phenoxy) is 2. The van der Waals surface area contributed by atoms with Gasteiger partial charge in [0.15, 0.2) is 5.76 Å². The van der Waals surface area contributed by atoms with E-state index in [-0.39, 0.29) is 5.78 Å². The number of carbonyl (C=O) groups excluding carboxylic acids is 1. The maximum atomic E-state index is 12.5. The SMILES string of the molecule is CC(C)=C1Oc2c3c(cc(C)c2C1=O)OCN(C(C)C)C3. The Morgan fingerprint density at radius 1 is 1.33 bits per heavy atom. The second-order valence-corrected chi connectivity index (χ2v) is 6.25. The van der Waals surface area contributed by atoms with Crippen LogP contribution in [0.5, 0.6) is 11.5 Å². The molecule has 2 aliphatic heterocycles. The third kappa shape index (κ3) is 2.14. The molecule has 3 rings (SSSR count). The second kappa shape index (κ2) is 4.88. The summed E-state index contributed by atoms with van der Waals surface area (Å²) < 4.78 is 11.8. The lowest BCUT2D eigenvalue weighted by Gasteiger charge is -2.32. The number of hydrogen-bond donors (Lipinski definition) is 0. The van der Waals surface area contributed by atoms with E-state index in [0.717, 1.165) is 29.0 Å². The Hall–Kier alpha value is -1.81. The summed E-state index contributed by atoms with van der Waals surface area (Å²) in [5, 5.41) is 0. The molecule has 0 N–H and O–H groups in total. The fraction of sp³-hybridized carbons (Fsp3) is 0.471. The summed E-state index contributed by atoms with van der Waals surface area (Å²) in [5.74, 6) is 1.98. The topological polar surface area (TPSA) is 38.8 Å². The highest BCUT2D eigenvalue weighted by Crippen LogP contribution is 2.44. The van der Waals surface area contributed by atoms with Crippen molar-refractivity contribution < 1.29 is 14.3 Å². The van der Waals surface area contributed by atoms with Gasteiger partial charge < -0.3 is 9.47 Å². The van der Waals surface area contributed by atoms with Gasteiger partial charge in [-0.25, -0.2) is 0 Å². The largest absolute Gasteiger partial charge is 0.478 e. The van der Waals surface area contributed by atoms with Crippen molar-refractivity contribution in [2.45, 2.75) is 47.2 Å². The quantitative estimate of drug-likeness (QED) is 0.742. The van der Waals surface area contributed by atoms with Crippen LogP contribution in [0.4, 0.5) is 0 Å². The molecule has 4 heteroatoms. The number of carbonyl (C=O) groups is 1. The van der Waals surface area contributed by atoms with E-state index in [9.17, 15) is 4.79 Å². The summed E-state index contributed by atoms with van der Waals surface area (Å²) in [6.45, 7) is 11.3. The Balaban J connectivity index is 2.13.